The molecule has 152 valence electrons. The van der Waals surface area contributed by atoms with Crippen molar-refractivity contribution in [1.82, 2.24) is 10.3 Å². The zero-order valence-corrected chi connectivity index (χ0v) is 17.9. The maximum atomic E-state index is 6.38. The number of hydrazine groups is 1. The number of aryl methyl sites for hydroxylation is 3. The summed E-state index contributed by atoms with van der Waals surface area (Å²) in [7, 11) is 0. The van der Waals surface area contributed by atoms with E-state index < -0.39 is 0 Å². The van der Waals surface area contributed by atoms with E-state index in [2.05, 4.69) is 68.6 Å². The lowest BCUT2D eigenvalue weighted by Gasteiger charge is -2.32. The van der Waals surface area contributed by atoms with Crippen molar-refractivity contribution in [2.75, 3.05) is 13.1 Å². The SMILES string of the molecule is Cc1ccc(CNCC2CCCC(CN(N)Cc3ccc(C)c(C)c3)C2)cc1. The lowest BCUT2D eigenvalue weighted by Crippen LogP contribution is -2.38. The van der Waals surface area contributed by atoms with Crippen LogP contribution >= 0.6 is 0 Å². The molecule has 3 heteroatoms. The number of nitrogens with one attached hydrogen (secondary N) is 1. The maximum Gasteiger partial charge on any atom is 0.0379 e. The van der Waals surface area contributed by atoms with Crippen LogP contribution in [0.2, 0.25) is 0 Å². The van der Waals surface area contributed by atoms with Gasteiger partial charge in [-0.05, 0) is 80.7 Å². The predicted octanol–water partition coefficient (Wildman–Crippen LogP) is 4.88. The predicted molar refractivity (Wildman–Crippen MR) is 119 cm³/mol. The Labute approximate surface area is 171 Å². The van der Waals surface area contributed by atoms with Gasteiger partial charge in [0.1, 0.15) is 0 Å². The summed E-state index contributed by atoms with van der Waals surface area (Å²) >= 11 is 0. The Morgan fingerprint density at radius 2 is 1.64 bits per heavy atom. The van der Waals surface area contributed by atoms with Crippen LogP contribution in [0.5, 0.6) is 0 Å². The second-order valence-corrected chi connectivity index (χ2v) is 8.86. The Kier molecular flexibility index (Phi) is 7.66. The number of nitrogens with two attached hydrogens (primary N) is 1. The Hall–Kier alpha value is -1.68. The molecule has 28 heavy (non-hydrogen) atoms. The Morgan fingerprint density at radius 1 is 0.929 bits per heavy atom. The largest absolute Gasteiger partial charge is 0.312 e. The normalized spacial score (nSPS) is 19.9. The minimum absolute atomic E-state index is 0.719. The van der Waals surface area contributed by atoms with E-state index in [9.17, 15) is 0 Å². The second kappa shape index (κ2) is 10.2. The summed E-state index contributed by atoms with van der Waals surface area (Å²) in [5, 5.41) is 5.70. The smallest absolute Gasteiger partial charge is 0.0379 e. The molecule has 3 N–H and O–H groups in total. The molecule has 1 fully saturated rings. The van der Waals surface area contributed by atoms with Crippen molar-refractivity contribution < 1.29 is 0 Å². The first-order valence-electron chi connectivity index (χ1n) is 10.8. The van der Waals surface area contributed by atoms with E-state index >= 15 is 0 Å². The molecule has 3 rings (SSSR count). The number of benzene rings is 2. The fourth-order valence-corrected chi connectivity index (χ4v) is 4.41. The molecule has 2 aromatic carbocycles. The topological polar surface area (TPSA) is 41.3 Å². The fourth-order valence-electron chi connectivity index (χ4n) is 4.41. The molecule has 0 radical (unpaired) electrons. The van der Waals surface area contributed by atoms with Crippen LogP contribution in [0.3, 0.4) is 0 Å². The molecule has 0 aliphatic heterocycles. The van der Waals surface area contributed by atoms with E-state index in [-0.39, 0.29) is 0 Å². The summed E-state index contributed by atoms with van der Waals surface area (Å²) in [5.74, 6) is 7.87. The van der Waals surface area contributed by atoms with Crippen LogP contribution in [-0.4, -0.2) is 18.1 Å². The third kappa shape index (κ3) is 6.44. The standard InChI is InChI=1S/C25H37N3/c1-19-7-10-22(11-8-19)15-27-16-23-5-4-6-24(14-23)17-28(26)18-25-12-9-20(2)21(3)13-25/h7-13,23-24,27H,4-6,14-18,26H2,1-3H3. The Bertz CT molecular complexity index is 738. The molecule has 1 saturated carbocycles. The van der Waals surface area contributed by atoms with Crippen LogP contribution < -0.4 is 11.2 Å². The highest BCUT2D eigenvalue weighted by atomic mass is 15.4. The molecule has 0 saturated heterocycles. The van der Waals surface area contributed by atoms with Gasteiger partial charge >= 0.3 is 0 Å². The molecular formula is C25H37N3. The van der Waals surface area contributed by atoms with Gasteiger partial charge in [-0.3, -0.25) is 5.84 Å². The fraction of sp³-hybridized carbons (Fsp3) is 0.520. The first kappa shape index (κ1) is 21.0. The lowest BCUT2D eigenvalue weighted by molar-refractivity contribution is 0.169. The van der Waals surface area contributed by atoms with Crippen molar-refractivity contribution in [3.8, 4) is 0 Å². The van der Waals surface area contributed by atoms with Gasteiger partial charge in [-0.25, -0.2) is 5.01 Å². The van der Waals surface area contributed by atoms with Crippen LogP contribution in [0.15, 0.2) is 42.5 Å². The van der Waals surface area contributed by atoms with Crippen molar-refractivity contribution in [2.45, 2.75) is 59.5 Å². The summed E-state index contributed by atoms with van der Waals surface area (Å²) < 4.78 is 0. The average molecular weight is 380 g/mol. The van der Waals surface area contributed by atoms with E-state index in [1.807, 2.05) is 5.01 Å². The van der Waals surface area contributed by atoms with Crippen molar-refractivity contribution in [3.05, 3.63) is 70.3 Å². The van der Waals surface area contributed by atoms with Crippen LogP contribution in [0.1, 0.15) is 53.5 Å². The van der Waals surface area contributed by atoms with Gasteiger partial charge in [0.25, 0.3) is 0 Å². The third-order valence-electron chi connectivity index (χ3n) is 6.22. The van der Waals surface area contributed by atoms with E-state index in [1.165, 1.54) is 53.5 Å². The van der Waals surface area contributed by atoms with Crippen molar-refractivity contribution in [3.63, 3.8) is 0 Å². The number of hydrogen-bond donors (Lipinski definition) is 2. The first-order valence-corrected chi connectivity index (χ1v) is 10.8. The molecule has 2 atom stereocenters. The molecule has 1 aliphatic rings. The van der Waals surface area contributed by atoms with Crippen LogP contribution in [0, 0.1) is 32.6 Å². The summed E-state index contributed by atoms with van der Waals surface area (Å²) in [4.78, 5) is 0. The van der Waals surface area contributed by atoms with Gasteiger partial charge in [0, 0.05) is 19.6 Å². The van der Waals surface area contributed by atoms with Crippen LogP contribution in [0.4, 0.5) is 0 Å². The molecule has 1 aliphatic carbocycles. The number of nitrogens with zero attached hydrogens (tertiary/aromatic N) is 1. The van der Waals surface area contributed by atoms with Gasteiger partial charge in [-0.2, -0.15) is 0 Å². The van der Waals surface area contributed by atoms with Gasteiger partial charge in [-0.1, -0.05) is 54.4 Å². The highest BCUT2D eigenvalue weighted by Gasteiger charge is 2.23. The molecule has 0 aromatic heterocycles. The molecular weight excluding hydrogens is 342 g/mol. The molecule has 0 bridgehead atoms. The Balaban J connectivity index is 1.41. The van der Waals surface area contributed by atoms with Gasteiger partial charge in [0.2, 0.25) is 0 Å². The van der Waals surface area contributed by atoms with Gasteiger partial charge < -0.3 is 5.32 Å². The first-order chi connectivity index (χ1) is 13.5. The van der Waals surface area contributed by atoms with E-state index in [0.717, 1.165) is 38.0 Å². The van der Waals surface area contributed by atoms with E-state index in [1.54, 1.807) is 0 Å². The van der Waals surface area contributed by atoms with Crippen molar-refractivity contribution in [2.24, 2.45) is 17.7 Å². The second-order valence-electron chi connectivity index (χ2n) is 8.86. The summed E-state index contributed by atoms with van der Waals surface area (Å²) in [5.41, 5.74) is 6.71. The monoisotopic (exact) mass is 379 g/mol. The maximum absolute atomic E-state index is 6.38. The highest BCUT2D eigenvalue weighted by Crippen LogP contribution is 2.29. The zero-order valence-electron chi connectivity index (χ0n) is 17.9. The molecule has 0 amide bonds. The number of hydrogen-bond acceptors (Lipinski definition) is 3. The minimum atomic E-state index is 0.719. The van der Waals surface area contributed by atoms with Crippen LogP contribution in [0.25, 0.3) is 0 Å². The quantitative estimate of drug-likeness (QED) is 0.507. The lowest BCUT2D eigenvalue weighted by atomic mass is 9.81. The summed E-state index contributed by atoms with van der Waals surface area (Å²) in [6.45, 7) is 10.4. The van der Waals surface area contributed by atoms with Gasteiger partial charge in [0.05, 0.1) is 0 Å². The minimum Gasteiger partial charge on any atom is -0.312 e. The molecule has 0 heterocycles. The third-order valence-corrected chi connectivity index (χ3v) is 6.22. The Morgan fingerprint density at radius 3 is 2.39 bits per heavy atom. The summed E-state index contributed by atoms with van der Waals surface area (Å²) in [6.07, 6.45) is 5.29. The zero-order chi connectivity index (χ0) is 19.9. The van der Waals surface area contributed by atoms with Gasteiger partial charge in [0.15, 0.2) is 0 Å². The van der Waals surface area contributed by atoms with Gasteiger partial charge in [-0.15, -0.1) is 0 Å². The van der Waals surface area contributed by atoms with Crippen molar-refractivity contribution in [1.29, 1.82) is 0 Å². The number of rotatable bonds is 8. The molecule has 0 spiro atoms. The van der Waals surface area contributed by atoms with E-state index in [4.69, 9.17) is 5.84 Å². The molecule has 3 nitrogen and oxygen atoms in total. The highest BCUT2D eigenvalue weighted by molar-refractivity contribution is 5.29. The average Bonchev–Trinajstić information content (AvgIpc) is 2.67. The molecule has 2 aromatic rings. The van der Waals surface area contributed by atoms with Crippen molar-refractivity contribution >= 4 is 0 Å². The van der Waals surface area contributed by atoms with E-state index in [0.29, 0.717) is 0 Å². The molecule has 2 unspecified atom stereocenters. The summed E-state index contributed by atoms with van der Waals surface area (Å²) in [6, 6.07) is 15.5. The van der Waals surface area contributed by atoms with Crippen LogP contribution in [-0.2, 0) is 13.1 Å².